The average molecular weight is 375 g/mol. The van der Waals surface area contributed by atoms with Crippen molar-refractivity contribution in [2.75, 3.05) is 38.2 Å². The second-order valence-corrected chi connectivity index (χ2v) is 6.50. The molecule has 1 aliphatic heterocycles. The molecule has 0 amide bonds. The summed E-state index contributed by atoms with van der Waals surface area (Å²) in [6.45, 7) is 2.95. The molecular formula is C14H16F3N5O2S. The van der Waals surface area contributed by atoms with Gasteiger partial charge in [0.15, 0.2) is 5.75 Å². The molecule has 7 nitrogen and oxygen atoms in total. The molecular weight excluding hydrogens is 359 g/mol. The van der Waals surface area contributed by atoms with Crippen molar-refractivity contribution >= 4 is 16.5 Å². The minimum absolute atomic E-state index is 0.191. The van der Waals surface area contributed by atoms with Crippen LogP contribution >= 0.6 is 11.3 Å². The molecule has 0 spiro atoms. The molecule has 1 N–H and O–H groups in total. The van der Waals surface area contributed by atoms with E-state index in [0.29, 0.717) is 44.1 Å². The molecule has 136 valence electrons. The maximum absolute atomic E-state index is 12.6. The van der Waals surface area contributed by atoms with Gasteiger partial charge in [-0.2, -0.15) is 13.2 Å². The Bertz CT molecular complexity index is 783. The summed E-state index contributed by atoms with van der Waals surface area (Å²) in [5.74, 6) is 0.255. The molecule has 3 heterocycles. The van der Waals surface area contributed by atoms with Crippen LogP contribution in [0.3, 0.4) is 0 Å². The zero-order valence-electron chi connectivity index (χ0n) is 13.3. The lowest BCUT2D eigenvalue weighted by Crippen LogP contribution is -2.46. The summed E-state index contributed by atoms with van der Waals surface area (Å²) < 4.78 is 42.7. The van der Waals surface area contributed by atoms with E-state index in [1.165, 1.54) is 19.4 Å². The molecule has 0 atom stereocenters. The fourth-order valence-corrected chi connectivity index (χ4v) is 3.31. The Labute approximate surface area is 145 Å². The van der Waals surface area contributed by atoms with Gasteiger partial charge in [0, 0.05) is 50.7 Å². The van der Waals surface area contributed by atoms with Crippen LogP contribution in [0.25, 0.3) is 0 Å². The number of ether oxygens (including phenoxy) is 1. The van der Waals surface area contributed by atoms with Gasteiger partial charge in [0.05, 0.1) is 7.11 Å². The predicted molar refractivity (Wildman–Crippen MR) is 86.0 cm³/mol. The first-order chi connectivity index (χ1) is 11.9. The number of alkyl halides is 3. The maximum Gasteiger partial charge on any atom is 0.445 e. The van der Waals surface area contributed by atoms with Crippen LogP contribution in [0.1, 0.15) is 10.7 Å². The van der Waals surface area contributed by atoms with Crippen molar-refractivity contribution in [1.29, 1.82) is 0 Å². The fourth-order valence-electron chi connectivity index (χ4n) is 2.55. The van der Waals surface area contributed by atoms with Crippen LogP contribution in [-0.2, 0) is 12.7 Å². The van der Waals surface area contributed by atoms with E-state index in [-0.39, 0.29) is 16.3 Å². The third-order valence-corrected chi connectivity index (χ3v) is 4.88. The van der Waals surface area contributed by atoms with Crippen LogP contribution in [0.4, 0.5) is 18.3 Å². The topological polar surface area (TPSA) is 74.3 Å². The number of halogens is 3. The van der Waals surface area contributed by atoms with Crippen LogP contribution in [0.15, 0.2) is 17.1 Å². The number of hydrogen-bond donors (Lipinski definition) is 1. The number of H-pyrrole nitrogens is 1. The lowest BCUT2D eigenvalue weighted by atomic mass is 10.2. The smallest absolute Gasteiger partial charge is 0.445 e. The second-order valence-electron chi connectivity index (χ2n) is 5.54. The first-order valence-electron chi connectivity index (χ1n) is 7.50. The predicted octanol–water partition coefficient (Wildman–Crippen LogP) is 1.58. The lowest BCUT2D eigenvalue weighted by molar-refractivity contribution is -0.138. The number of piperazine rings is 1. The molecule has 2 aromatic rings. The van der Waals surface area contributed by atoms with Crippen LogP contribution in [-0.4, -0.2) is 53.4 Å². The van der Waals surface area contributed by atoms with Gasteiger partial charge >= 0.3 is 6.18 Å². The van der Waals surface area contributed by atoms with Crippen molar-refractivity contribution in [3.63, 3.8) is 0 Å². The highest BCUT2D eigenvalue weighted by Gasteiger charge is 2.36. The number of rotatable bonds is 4. The van der Waals surface area contributed by atoms with Gasteiger partial charge in [-0.15, -0.1) is 10.2 Å². The highest BCUT2D eigenvalue weighted by atomic mass is 32.1. The van der Waals surface area contributed by atoms with Gasteiger partial charge in [-0.1, -0.05) is 11.3 Å². The zero-order chi connectivity index (χ0) is 18.0. The fraction of sp³-hybridized carbons (Fsp3) is 0.500. The summed E-state index contributed by atoms with van der Waals surface area (Å²) in [4.78, 5) is 18.7. The molecule has 3 rings (SSSR count). The van der Waals surface area contributed by atoms with E-state index >= 15 is 0 Å². The zero-order valence-corrected chi connectivity index (χ0v) is 14.2. The highest BCUT2D eigenvalue weighted by Crippen LogP contribution is 2.34. The first-order valence-corrected chi connectivity index (χ1v) is 8.32. The van der Waals surface area contributed by atoms with Gasteiger partial charge in [0.25, 0.3) is 0 Å². The number of nitrogens with one attached hydrogen (secondary N) is 1. The molecule has 1 fully saturated rings. The van der Waals surface area contributed by atoms with Gasteiger partial charge in [-0.25, -0.2) is 0 Å². The summed E-state index contributed by atoms with van der Waals surface area (Å²) in [5, 5.41) is 6.21. The Morgan fingerprint density at radius 1 is 1.28 bits per heavy atom. The standard InChI is InChI=1S/C14H16F3N5O2S/c1-24-11-7-18-9(6-10(11)23)8-21-2-4-22(5-3-21)13-20-19-12(25-13)14(15,16)17/h6-7H,2-5,8H2,1H3,(H,18,23). The van der Waals surface area contributed by atoms with Crippen molar-refractivity contribution in [3.05, 3.63) is 33.2 Å². The van der Waals surface area contributed by atoms with Gasteiger partial charge in [0.1, 0.15) is 0 Å². The summed E-state index contributed by atoms with van der Waals surface area (Å²) in [7, 11) is 1.43. The van der Waals surface area contributed by atoms with Crippen LogP contribution < -0.4 is 15.1 Å². The normalized spacial score (nSPS) is 16.2. The Morgan fingerprint density at radius 2 is 2.00 bits per heavy atom. The van der Waals surface area contributed by atoms with Crippen molar-refractivity contribution in [3.8, 4) is 5.75 Å². The molecule has 25 heavy (non-hydrogen) atoms. The van der Waals surface area contributed by atoms with Gasteiger partial charge in [-0.05, 0) is 0 Å². The van der Waals surface area contributed by atoms with E-state index in [2.05, 4.69) is 20.1 Å². The second kappa shape index (κ2) is 7.00. The van der Waals surface area contributed by atoms with E-state index < -0.39 is 11.2 Å². The van der Waals surface area contributed by atoms with Crippen molar-refractivity contribution in [1.82, 2.24) is 20.1 Å². The molecule has 0 saturated carbocycles. The molecule has 0 aliphatic carbocycles. The van der Waals surface area contributed by atoms with Crippen molar-refractivity contribution in [2.24, 2.45) is 0 Å². The number of pyridine rings is 1. The molecule has 11 heteroatoms. The lowest BCUT2D eigenvalue weighted by Gasteiger charge is -2.34. The average Bonchev–Trinajstić information content (AvgIpc) is 3.06. The van der Waals surface area contributed by atoms with Gasteiger partial charge in [-0.3, -0.25) is 9.69 Å². The monoisotopic (exact) mass is 375 g/mol. The quantitative estimate of drug-likeness (QED) is 0.875. The summed E-state index contributed by atoms with van der Waals surface area (Å²) in [5.41, 5.74) is 0.568. The summed E-state index contributed by atoms with van der Waals surface area (Å²) in [6, 6.07) is 1.49. The number of aromatic nitrogens is 3. The number of hydrogen-bond acceptors (Lipinski definition) is 7. The largest absolute Gasteiger partial charge is 0.491 e. The molecule has 0 radical (unpaired) electrons. The molecule has 0 bridgehead atoms. The Balaban J connectivity index is 1.58. The van der Waals surface area contributed by atoms with Crippen LogP contribution in [0.2, 0.25) is 0 Å². The van der Waals surface area contributed by atoms with E-state index in [9.17, 15) is 18.0 Å². The van der Waals surface area contributed by atoms with Gasteiger partial charge < -0.3 is 14.6 Å². The molecule has 2 aromatic heterocycles. The van der Waals surface area contributed by atoms with E-state index in [0.717, 1.165) is 5.69 Å². The SMILES string of the molecule is COc1c[nH]c(CN2CCN(c3nnc(C(F)(F)F)s3)CC2)cc1=O. The van der Waals surface area contributed by atoms with Crippen LogP contribution in [0.5, 0.6) is 5.75 Å². The maximum atomic E-state index is 12.6. The van der Waals surface area contributed by atoms with Crippen molar-refractivity contribution in [2.45, 2.75) is 12.7 Å². The molecule has 0 aromatic carbocycles. The van der Waals surface area contributed by atoms with Gasteiger partial charge in [0.2, 0.25) is 15.6 Å². The van der Waals surface area contributed by atoms with E-state index in [1.54, 1.807) is 4.90 Å². The minimum atomic E-state index is -4.46. The Kier molecular flexibility index (Phi) is 4.95. The first kappa shape index (κ1) is 17.7. The Morgan fingerprint density at radius 3 is 2.56 bits per heavy atom. The molecule has 1 aliphatic rings. The summed E-state index contributed by atoms with van der Waals surface area (Å²) in [6.07, 6.45) is -2.94. The number of methoxy groups -OCH3 is 1. The highest BCUT2D eigenvalue weighted by molar-refractivity contribution is 7.15. The number of anilines is 1. The number of nitrogens with zero attached hydrogens (tertiary/aromatic N) is 4. The third kappa shape index (κ3) is 4.10. The van der Waals surface area contributed by atoms with Crippen molar-refractivity contribution < 1.29 is 17.9 Å². The minimum Gasteiger partial charge on any atom is -0.491 e. The van der Waals surface area contributed by atoms with Crippen LogP contribution in [0, 0.1) is 0 Å². The van der Waals surface area contributed by atoms with E-state index in [1.807, 2.05) is 0 Å². The third-order valence-electron chi connectivity index (χ3n) is 3.85. The molecule has 0 unspecified atom stereocenters. The molecule has 1 saturated heterocycles. The van der Waals surface area contributed by atoms with E-state index in [4.69, 9.17) is 4.74 Å². The Hall–Kier alpha value is -2.14. The number of aromatic amines is 1. The summed E-state index contributed by atoms with van der Waals surface area (Å²) >= 11 is 0.556.